The normalized spacial score (nSPS) is 13.8. The number of sulfonamides is 1. The summed E-state index contributed by atoms with van der Waals surface area (Å²) >= 11 is 0. The van der Waals surface area contributed by atoms with Crippen LogP contribution < -0.4 is 14.8 Å². The van der Waals surface area contributed by atoms with E-state index in [4.69, 9.17) is 4.74 Å². The number of rotatable bonds is 14. The first-order valence-corrected chi connectivity index (χ1v) is 14.8. The molecule has 0 spiro atoms. The summed E-state index contributed by atoms with van der Waals surface area (Å²) in [7, 11) is -1.98. The van der Waals surface area contributed by atoms with Crippen molar-refractivity contribution in [2.45, 2.75) is 49.2 Å². The summed E-state index contributed by atoms with van der Waals surface area (Å²) in [5.41, 5.74) is 2.28. The lowest BCUT2D eigenvalue weighted by molar-refractivity contribution is -0.141. The van der Waals surface area contributed by atoms with Crippen LogP contribution in [0.5, 0.6) is 5.75 Å². The number of hydrogen-bond donors (Lipinski definition) is 3. The van der Waals surface area contributed by atoms with E-state index in [2.05, 4.69) is 10.0 Å². The Morgan fingerprint density at radius 2 is 1.62 bits per heavy atom. The lowest BCUT2D eigenvalue weighted by Gasteiger charge is -2.32. The Kier molecular flexibility index (Phi) is 9.92. The van der Waals surface area contributed by atoms with Gasteiger partial charge in [0.2, 0.25) is 21.8 Å². The minimum Gasteiger partial charge on any atom is -0.497 e. The van der Waals surface area contributed by atoms with E-state index in [-0.39, 0.29) is 48.9 Å². The van der Waals surface area contributed by atoms with E-state index >= 15 is 0 Å². The Balaban J connectivity index is 1.55. The lowest BCUT2D eigenvalue weighted by Crippen LogP contribution is -2.44. The van der Waals surface area contributed by atoms with Crippen molar-refractivity contribution in [2.24, 2.45) is 0 Å². The molecule has 1 fully saturated rings. The number of carbonyl (C=O) groups is 2. The molecule has 1 saturated carbocycles. The van der Waals surface area contributed by atoms with Crippen LogP contribution in [0.15, 0.2) is 83.8 Å². The van der Waals surface area contributed by atoms with Gasteiger partial charge in [-0.25, -0.2) is 13.1 Å². The summed E-state index contributed by atoms with van der Waals surface area (Å²) in [5, 5.41) is 12.0. The van der Waals surface area contributed by atoms with E-state index in [0.29, 0.717) is 17.7 Å². The maximum absolute atomic E-state index is 13.8. The van der Waals surface area contributed by atoms with Crippen LogP contribution in [0.3, 0.4) is 0 Å². The number of aliphatic hydroxyl groups is 1. The highest BCUT2D eigenvalue weighted by Crippen LogP contribution is 2.26. The van der Waals surface area contributed by atoms with Crippen molar-refractivity contribution in [2.75, 3.05) is 20.3 Å². The molecule has 3 N–H and O–H groups in total. The van der Waals surface area contributed by atoms with Crippen molar-refractivity contribution >= 4 is 21.8 Å². The van der Waals surface area contributed by atoms with Gasteiger partial charge >= 0.3 is 0 Å². The average Bonchev–Trinajstić information content (AvgIpc) is 3.79. The monoisotopic (exact) mass is 565 g/mol. The molecule has 40 heavy (non-hydrogen) atoms. The van der Waals surface area contributed by atoms with Gasteiger partial charge in [-0.05, 0) is 60.2 Å². The molecule has 0 bridgehead atoms. The summed E-state index contributed by atoms with van der Waals surface area (Å²) in [6, 6.07) is 22.0. The Hall–Kier alpha value is -3.73. The van der Waals surface area contributed by atoms with Crippen molar-refractivity contribution in [3.05, 3.63) is 95.6 Å². The second kappa shape index (κ2) is 13.6. The van der Waals surface area contributed by atoms with E-state index in [1.54, 1.807) is 60.5 Å². The van der Waals surface area contributed by atoms with Gasteiger partial charge in [0.1, 0.15) is 11.8 Å². The first-order chi connectivity index (χ1) is 19.3. The van der Waals surface area contributed by atoms with E-state index < -0.39 is 16.1 Å². The molecule has 1 unspecified atom stereocenters. The highest BCUT2D eigenvalue weighted by molar-refractivity contribution is 7.89. The average molecular weight is 566 g/mol. The Bertz CT molecular complexity index is 1380. The molecule has 0 aromatic heterocycles. The summed E-state index contributed by atoms with van der Waals surface area (Å²) < 4.78 is 32.9. The highest BCUT2D eigenvalue weighted by Gasteiger charge is 2.31. The van der Waals surface area contributed by atoms with E-state index in [0.717, 1.165) is 24.0 Å². The number of aryl methyl sites for hydroxylation is 1. The molecular weight excluding hydrogens is 530 g/mol. The molecule has 1 atom stereocenters. The third-order valence-corrected chi connectivity index (χ3v) is 8.22. The SMILES string of the molecule is COc1ccc(CN(C(=O)CCc2ccc(S(=O)(=O)NC3CC3)cc2)C(C(=O)NCCO)c2ccccc2)cc1. The fraction of sp³-hybridized carbons (Fsp3) is 0.333. The number of methoxy groups -OCH3 is 1. The maximum Gasteiger partial charge on any atom is 0.247 e. The molecule has 0 heterocycles. The van der Waals surface area contributed by atoms with E-state index in [1.165, 1.54) is 0 Å². The summed E-state index contributed by atoms with van der Waals surface area (Å²) in [6.07, 6.45) is 2.19. The fourth-order valence-electron chi connectivity index (χ4n) is 4.35. The number of aliphatic hydroxyl groups excluding tert-OH is 1. The van der Waals surface area contributed by atoms with Gasteiger partial charge in [-0.2, -0.15) is 0 Å². The molecule has 0 radical (unpaired) electrons. The van der Waals surface area contributed by atoms with E-state index in [1.807, 2.05) is 30.3 Å². The van der Waals surface area contributed by atoms with Crippen LogP contribution in [-0.4, -0.2) is 56.5 Å². The van der Waals surface area contributed by atoms with Gasteiger partial charge in [0.05, 0.1) is 18.6 Å². The molecule has 2 amide bonds. The molecule has 9 nitrogen and oxygen atoms in total. The summed E-state index contributed by atoms with van der Waals surface area (Å²) in [4.78, 5) is 28.8. The number of benzene rings is 3. The zero-order valence-electron chi connectivity index (χ0n) is 22.5. The third kappa shape index (κ3) is 7.91. The number of amides is 2. The predicted octanol–water partition coefficient (Wildman–Crippen LogP) is 2.95. The molecular formula is C30H35N3O6S. The zero-order chi connectivity index (χ0) is 28.5. The first kappa shape index (κ1) is 29.3. The van der Waals surface area contributed by atoms with Crippen molar-refractivity contribution in [1.29, 1.82) is 0 Å². The topological polar surface area (TPSA) is 125 Å². The third-order valence-electron chi connectivity index (χ3n) is 6.68. The molecule has 4 rings (SSSR count). The molecule has 0 saturated heterocycles. The second-order valence-electron chi connectivity index (χ2n) is 9.74. The minimum atomic E-state index is -3.55. The fourth-order valence-corrected chi connectivity index (χ4v) is 5.66. The van der Waals surface area contributed by atoms with Crippen molar-refractivity contribution < 1.29 is 27.9 Å². The van der Waals surface area contributed by atoms with Crippen LogP contribution in [0, 0.1) is 0 Å². The molecule has 1 aliphatic carbocycles. The first-order valence-electron chi connectivity index (χ1n) is 13.3. The Labute approximate surface area is 235 Å². The van der Waals surface area contributed by atoms with Crippen LogP contribution in [-0.2, 0) is 32.6 Å². The number of nitrogens with zero attached hydrogens (tertiary/aromatic N) is 1. The number of ether oxygens (including phenoxy) is 1. The molecule has 1 aliphatic rings. The van der Waals surface area contributed by atoms with Gasteiger partial charge < -0.3 is 20.1 Å². The standard InChI is InChI=1S/C30H35N3O6S/c1-39-26-14-7-23(8-15-26)21-33(29(30(36)31-19-20-34)24-5-3-2-4-6-24)28(35)18-11-22-9-16-27(17-10-22)40(37,38)32-25-12-13-25/h2-10,14-17,25,29,32,34H,11-13,18-21H2,1H3,(H,31,36). The predicted molar refractivity (Wildman–Crippen MR) is 151 cm³/mol. The van der Waals surface area contributed by atoms with Crippen LogP contribution in [0.25, 0.3) is 0 Å². The minimum absolute atomic E-state index is 0.0196. The zero-order valence-corrected chi connectivity index (χ0v) is 23.3. The molecule has 3 aromatic rings. The Morgan fingerprint density at radius 1 is 0.975 bits per heavy atom. The molecule has 0 aliphatic heterocycles. The lowest BCUT2D eigenvalue weighted by atomic mass is 10.0. The number of hydrogen-bond acceptors (Lipinski definition) is 6. The quantitative estimate of drug-likeness (QED) is 0.276. The van der Waals surface area contributed by atoms with Crippen molar-refractivity contribution in [1.82, 2.24) is 14.9 Å². The number of carbonyl (C=O) groups excluding carboxylic acids is 2. The van der Waals surface area contributed by atoms with Gasteiger partial charge in [-0.1, -0.05) is 54.6 Å². The molecule has 10 heteroatoms. The number of nitrogens with one attached hydrogen (secondary N) is 2. The second-order valence-corrected chi connectivity index (χ2v) is 11.5. The Morgan fingerprint density at radius 3 is 2.23 bits per heavy atom. The highest BCUT2D eigenvalue weighted by atomic mass is 32.2. The van der Waals surface area contributed by atoms with Crippen molar-refractivity contribution in [3.63, 3.8) is 0 Å². The van der Waals surface area contributed by atoms with Gasteiger partial charge in [0, 0.05) is 25.6 Å². The smallest absolute Gasteiger partial charge is 0.247 e. The maximum atomic E-state index is 13.8. The summed E-state index contributed by atoms with van der Waals surface area (Å²) in [6.45, 7) is 0.0259. The molecule has 212 valence electrons. The van der Waals surface area contributed by atoms with Crippen molar-refractivity contribution in [3.8, 4) is 5.75 Å². The van der Waals surface area contributed by atoms with Crippen LogP contribution in [0.1, 0.15) is 42.0 Å². The largest absolute Gasteiger partial charge is 0.497 e. The molecule has 3 aromatic carbocycles. The van der Waals surface area contributed by atoms with Gasteiger partial charge in [-0.15, -0.1) is 0 Å². The van der Waals surface area contributed by atoms with Crippen LogP contribution in [0.2, 0.25) is 0 Å². The summed E-state index contributed by atoms with van der Waals surface area (Å²) in [5.74, 6) is 0.0514. The van der Waals surface area contributed by atoms with Crippen LogP contribution >= 0.6 is 0 Å². The van der Waals surface area contributed by atoms with E-state index in [9.17, 15) is 23.1 Å². The van der Waals surface area contributed by atoms with Gasteiger partial charge in [0.25, 0.3) is 0 Å². The van der Waals surface area contributed by atoms with Gasteiger partial charge in [-0.3, -0.25) is 9.59 Å². The van der Waals surface area contributed by atoms with Gasteiger partial charge in [0.15, 0.2) is 0 Å². The van der Waals surface area contributed by atoms with Crippen LogP contribution in [0.4, 0.5) is 0 Å².